The number of carbonyl (C=O) groups is 2. The van der Waals surface area contributed by atoms with Crippen molar-refractivity contribution in [1.82, 2.24) is 10.6 Å². The van der Waals surface area contributed by atoms with Crippen LogP contribution in [0, 0.1) is 17.6 Å². The molecule has 2 N–H and O–H groups in total. The van der Waals surface area contributed by atoms with Crippen molar-refractivity contribution in [3.63, 3.8) is 0 Å². The van der Waals surface area contributed by atoms with Gasteiger partial charge in [0.25, 0.3) is 0 Å². The maximum Gasteiger partial charge on any atom is 0.220 e. The van der Waals surface area contributed by atoms with E-state index in [2.05, 4.69) is 17.6 Å². The smallest absolute Gasteiger partial charge is 0.220 e. The lowest BCUT2D eigenvalue weighted by atomic mass is 9.94. The van der Waals surface area contributed by atoms with Crippen molar-refractivity contribution >= 4 is 24.1 Å². The molecule has 0 aliphatic carbocycles. The Kier molecular flexibility index (Phi) is 7.58. The van der Waals surface area contributed by atoms with Gasteiger partial charge in [0.15, 0.2) is 5.78 Å². The second-order valence-electron chi connectivity index (χ2n) is 5.69. The van der Waals surface area contributed by atoms with Crippen LogP contribution < -0.4 is 10.6 Å². The average Bonchev–Trinajstić information content (AvgIpc) is 2.47. The Balaban J connectivity index is 0.00000264. The lowest BCUT2D eigenvalue weighted by Crippen LogP contribution is -2.50. The van der Waals surface area contributed by atoms with Gasteiger partial charge < -0.3 is 10.6 Å². The van der Waals surface area contributed by atoms with Crippen LogP contribution in [0.4, 0.5) is 8.78 Å². The molecule has 1 fully saturated rings. The summed E-state index contributed by atoms with van der Waals surface area (Å²) in [5, 5.41) is 6.10. The molecule has 2 rings (SSSR count). The Morgan fingerprint density at radius 1 is 1.30 bits per heavy atom. The molecule has 4 nitrogen and oxygen atoms in total. The van der Waals surface area contributed by atoms with E-state index in [0.29, 0.717) is 18.5 Å². The van der Waals surface area contributed by atoms with Crippen LogP contribution in [0.5, 0.6) is 0 Å². The van der Waals surface area contributed by atoms with Crippen molar-refractivity contribution in [1.29, 1.82) is 0 Å². The highest BCUT2D eigenvalue weighted by atomic mass is 35.5. The highest BCUT2D eigenvalue weighted by molar-refractivity contribution is 5.98. The molecule has 1 saturated heterocycles. The van der Waals surface area contributed by atoms with Gasteiger partial charge in [-0.15, -0.1) is 12.4 Å². The fourth-order valence-electron chi connectivity index (χ4n) is 2.54. The Morgan fingerprint density at radius 2 is 2.04 bits per heavy atom. The number of halogens is 3. The van der Waals surface area contributed by atoms with Crippen LogP contribution in [-0.4, -0.2) is 30.8 Å². The Hall–Kier alpha value is -1.53. The van der Waals surface area contributed by atoms with E-state index in [1.54, 1.807) is 0 Å². The Bertz CT molecular complexity index is 569. The van der Waals surface area contributed by atoms with Gasteiger partial charge in [-0.1, -0.05) is 6.92 Å². The molecule has 0 aromatic heterocycles. The quantitative estimate of drug-likeness (QED) is 0.805. The van der Waals surface area contributed by atoms with Crippen molar-refractivity contribution in [3.05, 3.63) is 35.4 Å². The topological polar surface area (TPSA) is 58.2 Å². The third-order valence-corrected chi connectivity index (χ3v) is 3.98. The van der Waals surface area contributed by atoms with Crippen molar-refractivity contribution in [2.45, 2.75) is 32.2 Å². The van der Waals surface area contributed by atoms with Gasteiger partial charge in [-0.25, -0.2) is 8.78 Å². The standard InChI is InChI=1S/C16H20F2N2O2.ClH/c1-10-6-7-19-9-14(10)20-16(22)5-4-15(21)12-3-2-11(17)8-13(12)18;/h2-3,8,10,14,19H,4-7,9H2,1H3,(H,20,22);1H. The number of benzene rings is 1. The Labute approximate surface area is 140 Å². The predicted molar refractivity (Wildman–Crippen MR) is 85.8 cm³/mol. The summed E-state index contributed by atoms with van der Waals surface area (Å²) < 4.78 is 26.3. The van der Waals surface area contributed by atoms with Crippen LogP contribution in [0.3, 0.4) is 0 Å². The van der Waals surface area contributed by atoms with Gasteiger partial charge in [-0.2, -0.15) is 0 Å². The van der Waals surface area contributed by atoms with Gasteiger partial charge in [0.1, 0.15) is 11.6 Å². The van der Waals surface area contributed by atoms with E-state index in [-0.39, 0.29) is 42.8 Å². The van der Waals surface area contributed by atoms with Gasteiger partial charge in [0, 0.05) is 31.5 Å². The van der Waals surface area contributed by atoms with E-state index < -0.39 is 17.4 Å². The first-order valence-electron chi connectivity index (χ1n) is 7.45. The van der Waals surface area contributed by atoms with Crippen LogP contribution >= 0.6 is 12.4 Å². The van der Waals surface area contributed by atoms with Crippen molar-refractivity contribution in [2.24, 2.45) is 5.92 Å². The summed E-state index contributed by atoms with van der Waals surface area (Å²) >= 11 is 0. The second kappa shape index (κ2) is 8.93. The zero-order chi connectivity index (χ0) is 16.1. The van der Waals surface area contributed by atoms with Crippen LogP contribution in [0.2, 0.25) is 0 Å². The molecule has 0 radical (unpaired) electrons. The summed E-state index contributed by atoms with van der Waals surface area (Å²) in [7, 11) is 0. The van der Waals surface area contributed by atoms with Gasteiger partial charge in [0.2, 0.25) is 5.91 Å². The first kappa shape index (κ1) is 19.5. The van der Waals surface area contributed by atoms with E-state index >= 15 is 0 Å². The fraction of sp³-hybridized carbons (Fsp3) is 0.500. The fourth-order valence-corrected chi connectivity index (χ4v) is 2.54. The zero-order valence-electron chi connectivity index (χ0n) is 12.9. The van der Waals surface area contributed by atoms with Gasteiger partial charge in [-0.05, 0) is 31.0 Å². The first-order chi connectivity index (χ1) is 10.5. The third-order valence-electron chi connectivity index (χ3n) is 3.98. The number of carbonyl (C=O) groups excluding carboxylic acids is 2. The van der Waals surface area contributed by atoms with Gasteiger partial charge >= 0.3 is 0 Å². The molecule has 0 saturated carbocycles. The molecular formula is C16H21ClF2N2O2. The van der Waals surface area contributed by atoms with E-state index in [9.17, 15) is 18.4 Å². The average molecular weight is 347 g/mol. The van der Waals surface area contributed by atoms with Crippen LogP contribution in [0.15, 0.2) is 18.2 Å². The molecule has 23 heavy (non-hydrogen) atoms. The summed E-state index contributed by atoms with van der Waals surface area (Å²) in [5.41, 5.74) is -0.179. The summed E-state index contributed by atoms with van der Waals surface area (Å²) in [6.45, 7) is 3.73. The summed E-state index contributed by atoms with van der Waals surface area (Å²) in [6.07, 6.45) is 0.895. The molecule has 1 heterocycles. The molecule has 7 heteroatoms. The first-order valence-corrected chi connectivity index (χ1v) is 7.45. The molecule has 1 aliphatic rings. The highest BCUT2D eigenvalue weighted by Crippen LogP contribution is 2.14. The maximum atomic E-state index is 13.5. The minimum absolute atomic E-state index is 0. The predicted octanol–water partition coefficient (Wildman–Crippen LogP) is 2.46. The van der Waals surface area contributed by atoms with E-state index in [1.165, 1.54) is 0 Å². The van der Waals surface area contributed by atoms with E-state index in [4.69, 9.17) is 0 Å². The molecule has 1 aliphatic heterocycles. The van der Waals surface area contributed by atoms with Gasteiger partial charge in [0.05, 0.1) is 5.56 Å². The number of amides is 1. The molecule has 2 unspecified atom stereocenters. The van der Waals surface area contributed by atoms with E-state index in [0.717, 1.165) is 25.1 Å². The lowest BCUT2D eigenvalue weighted by molar-refractivity contribution is -0.122. The van der Waals surface area contributed by atoms with Gasteiger partial charge in [-0.3, -0.25) is 9.59 Å². The van der Waals surface area contributed by atoms with E-state index in [1.807, 2.05) is 0 Å². The molecule has 128 valence electrons. The molecule has 1 aromatic carbocycles. The number of piperidine rings is 1. The lowest BCUT2D eigenvalue weighted by Gasteiger charge is -2.30. The maximum absolute atomic E-state index is 13.5. The summed E-state index contributed by atoms with van der Waals surface area (Å²) in [6, 6.07) is 2.87. The largest absolute Gasteiger partial charge is 0.352 e. The molecule has 0 spiro atoms. The summed E-state index contributed by atoms with van der Waals surface area (Å²) in [5.74, 6) is -1.96. The Morgan fingerprint density at radius 3 is 2.70 bits per heavy atom. The molecule has 1 aromatic rings. The number of rotatable bonds is 5. The third kappa shape index (κ3) is 5.55. The zero-order valence-corrected chi connectivity index (χ0v) is 13.7. The van der Waals surface area contributed by atoms with Crippen molar-refractivity contribution in [3.8, 4) is 0 Å². The number of ketones is 1. The van der Waals surface area contributed by atoms with Crippen LogP contribution in [-0.2, 0) is 4.79 Å². The number of nitrogens with one attached hydrogen (secondary N) is 2. The number of Topliss-reactive ketones (excluding diaryl/α,β-unsaturated/α-hetero) is 1. The van der Waals surface area contributed by atoms with Crippen LogP contribution in [0.25, 0.3) is 0 Å². The van der Waals surface area contributed by atoms with Crippen LogP contribution in [0.1, 0.15) is 36.5 Å². The summed E-state index contributed by atoms with van der Waals surface area (Å²) in [4.78, 5) is 23.8. The monoisotopic (exact) mass is 346 g/mol. The molecular weight excluding hydrogens is 326 g/mol. The minimum Gasteiger partial charge on any atom is -0.352 e. The SMILES string of the molecule is CC1CCNCC1NC(=O)CCC(=O)c1ccc(F)cc1F.Cl. The molecule has 2 atom stereocenters. The van der Waals surface area contributed by atoms with Crippen molar-refractivity contribution < 1.29 is 18.4 Å². The molecule has 0 bridgehead atoms. The normalized spacial score (nSPS) is 20.5. The number of hydrogen-bond donors (Lipinski definition) is 2. The highest BCUT2D eigenvalue weighted by Gasteiger charge is 2.23. The molecule has 1 amide bonds. The number of hydrogen-bond acceptors (Lipinski definition) is 3. The second-order valence-corrected chi connectivity index (χ2v) is 5.69. The minimum atomic E-state index is -0.893. The van der Waals surface area contributed by atoms with Crippen molar-refractivity contribution in [2.75, 3.05) is 13.1 Å².